The molecule has 1 N–H and O–H groups in total. The fraction of sp³-hybridized carbons (Fsp3) is 0.412. The van der Waals surface area contributed by atoms with Gasteiger partial charge < -0.3 is 10.1 Å². The molecule has 1 aromatic carbocycles. The van der Waals surface area contributed by atoms with E-state index in [2.05, 4.69) is 45.0 Å². The quantitative estimate of drug-likeness (QED) is 0.719. The average Bonchev–Trinajstić information content (AvgIpc) is 3.01. The molecule has 0 bridgehead atoms. The number of ether oxygens (including phenoxy) is 1. The largest absolute Gasteiger partial charge is 0.491 e. The number of hydrogen-bond acceptors (Lipinski definition) is 6. The number of anilines is 1. The minimum absolute atomic E-state index is 0.199. The van der Waals surface area contributed by atoms with Gasteiger partial charge in [-0.15, -0.1) is 14.8 Å². The topological polar surface area (TPSA) is 77.2 Å². The molecule has 1 unspecified atom stereocenters. The second-order valence-corrected chi connectivity index (χ2v) is 6.14. The number of fused-ring (bicyclic) bond motifs is 1. The van der Waals surface area contributed by atoms with Crippen molar-refractivity contribution in [3.8, 4) is 5.75 Å². The highest BCUT2D eigenvalue weighted by molar-refractivity contribution is 5.42. The van der Waals surface area contributed by atoms with Crippen LogP contribution in [0.1, 0.15) is 32.8 Å². The second-order valence-electron chi connectivity index (χ2n) is 6.14. The third kappa shape index (κ3) is 4.18. The monoisotopic (exact) mass is 326 g/mol. The number of aromatic nitrogens is 5. The smallest absolute Gasteiger partial charge is 0.200 e. The predicted molar refractivity (Wildman–Crippen MR) is 92.2 cm³/mol. The molecule has 2 aromatic heterocycles. The van der Waals surface area contributed by atoms with Crippen LogP contribution in [0.25, 0.3) is 5.65 Å². The highest BCUT2D eigenvalue weighted by Gasteiger charge is 2.06. The Morgan fingerprint density at radius 2 is 1.88 bits per heavy atom. The van der Waals surface area contributed by atoms with Crippen LogP contribution < -0.4 is 10.1 Å². The van der Waals surface area contributed by atoms with Gasteiger partial charge in [0.25, 0.3) is 0 Å². The van der Waals surface area contributed by atoms with Gasteiger partial charge in [-0.2, -0.15) is 0 Å². The zero-order chi connectivity index (χ0) is 16.9. The van der Waals surface area contributed by atoms with Crippen LogP contribution in [0, 0.1) is 0 Å². The molecule has 3 aromatic rings. The van der Waals surface area contributed by atoms with Crippen molar-refractivity contribution in [2.45, 2.75) is 45.8 Å². The fourth-order valence-corrected chi connectivity index (χ4v) is 2.44. The van der Waals surface area contributed by atoms with Crippen molar-refractivity contribution in [2.24, 2.45) is 0 Å². The summed E-state index contributed by atoms with van der Waals surface area (Å²) in [5.41, 5.74) is 1.93. The summed E-state index contributed by atoms with van der Waals surface area (Å²) in [5, 5.41) is 18.9. The van der Waals surface area contributed by atoms with Gasteiger partial charge in [0.1, 0.15) is 11.6 Å². The maximum absolute atomic E-state index is 5.66. The third-order valence-electron chi connectivity index (χ3n) is 3.62. The van der Waals surface area contributed by atoms with E-state index in [1.807, 2.05) is 38.1 Å². The summed E-state index contributed by atoms with van der Waals surface area (Å²) in [6.45, 7) is 6.20. The predicted octanol–water partition coefficient (Wildman–Crippen LogP) is 2.74. The van der Waals surface area contributed by atoms with Crippen molar-refractivity contribution in [2.75, 3.05) is 5.32 Å². The lowest BCUT2D eigenvalue weighted by Crippen LogP contribution is -2.17. The molecule has 0 saturated heterocycles. The molecule has 0 aliphatic carbocycles. The summed E-state index contributed by atoms with van der Waals surface area (Å²) in [6, 6.07) is 12.3. The first-order chi connectivity index (χ1) is 11.6. The van der Waals surface area contributed by atoms with Crippen molar-refractivity contribution in [1.29, 1.82) is 0 Å². The summed E-state index contributed by atoms with van der Waals surface area (Å²) in [4.78, 5) is 0. The van der Waals surface area contributed by atoms with Crippen molar-refractivity contribution >= 4 is 11.5 Å². The maximum Gasteiger partial charge on any atom is 0.200 e. The van der Waals surface area contributed by atoms with E-state index in [-0.39, 0.29) is 12.1 Å². The Hall–Kier alpha value is -2.70. The maximum atomic E-state index is 5.66. The van der Waals surface area contributed by atoms with Crippen LogP contribution in [0.2, 0.25) is 0 Å². The number of rotatable bonds is 7. The Bertz CT molecular complexity index is 783. The van der Waals surface area contributed by atoms with Crippen LogP contribution in [0.15, 0.2) is 36.4 Å². The molecule has 2 heterocycles. The SMILES string of the molecule is CC(CCc1ccc(OC(C)C)cc1)Nc1ccc2nnnn2n1. The van der Waals surface area contributed by atoms with Gasteiger partial charge in [0.15, 0.2) is 5.65 Å². The Kier molecular flexibility index (Phi) is 4.88. The van der Waals surface area contributed by atoms with Gasteiger partial charge in [0.05, 0.1) is 6.10 Å². The normalized spacial score (nSPS) is 12.5. The van der Waals surface area contributed by atoms with Crippen LogP contribution >= 0.6 is 0 Å². The molecule has 0 saturated carbocycles. The molecule has 126 valence electrons. The average molecular weight is 326 g/mol. The molecular formula is C17H22N6O. The van der Waals surface area contributed by atoms with Gasteiger partial charge in [0, 0.05) is 6.04 Å². The summed E-state index contributed by atoms with van der Waals surface area (Å²) in [5.74, 6) is 1.68. The van der Waals surface area contributed by atoms with Crippen LogP contribution in [0.5, 0.6) is 5.75 Å². The minimum Gasteiger partial charge on any atom is -0.491 e. The van der Waals surface area contributed by atoms with Gasteiger partial charge in [0.2, 0.25) is 0 Å². The van der Waals surface area contributed by atoms with E-state index >= 15 is 0 Å². The number of hydrogen-bond donors (Lipinski definition) is 1. The molecule has 24 heavy (non-hydrogen) atoms. The lowest BCUT2D eigenvalue weighted by molar-refractivity contribution is 0.242. The molecule has 0 aliphatic heterocycles. The lowest BCUT2D eigenvalue weighted by Gasteiger charge is -2.14. The van der Waals surface area contributed by atoms with Crippen molar-refractivity contribution in [3.63, 3.8) is 0 Å². The van der Waals surface area contributed by atoms with Crippen LogP contribution in [-0.4, -0.2) is 37.4 Å². The minimum atomic E-state index is 0.199. The van der Waals surface area contributed by atoms with E-state index in [0.29, 0.717) is 5.65 Å². The second kappa shape index (κ2) is 7.25. The van der Waals surface area contributed by atoms with Gasteiger partial charge >= 0.3 is 0 Å². The van der Waals surface area contributed by atoms with E-state index in [1.54, 1.807) is 0 Å². The summed E-state index contributed by atoms with van der Waals surface area (Å²) in [7, 11) is 0. The Labute approximate surface area is 141 Å². The van der Waals surface area contributed by atoms with E-state index in [1.165, 1.54) is 10.2 Å². The van der Waals surface area contributed by atoms with E-state index in [9.17, 15) is 0 Å². The molecule has 1 atom stereocenters. The Morgan fingerprint density at radius 3 is 2.62 bits per heavy atom. The number of aryl methyl sites for hydroxylation is 1. The molecule has 0 fully saturated rings. The molecule has 7 heteroatoms. The molecular weight excluding hydrogens is 304 g/mol. The number of benzene rings is 1. The highest BCUT2D eigenvalue weighted by atomic mass is 16.5. The summed E-state index contributed by atoms with van der Waals surface area (Å²) in [6.07, 6.45) is 2.19. The molecule has 0 radical (unpaired) electrons. The van der Waals surface area contributed by atoms with Crippen LogP contribution in [0.4, 0.5) is 5.82 Å². The zero-order valence-electron chi connectivity index (χ0n) is 14.2. The lowest BCUT2D eigenvalue weighted by atomic mass is 10.1. The van der Waals surface area contributed by atoms with Gasteiger partial charge in [-0.1, -0.05) is 12.1 Å². The summed E-state index contributed by atoms with van der Waals surface area (Å²) < 4.78 is 7.08. The van der Waals surface area contributed by atoms with Crippen molar-refractivity contribution < 1.29 is 4.74 Å². The van der Waals surface area contributed by atoms with Gasteiger partial charge in [-0.05, 0) is 73.9 Å². The Morgan fingerprint density at radius 1 is 1.08 bits per heavy atom. The first kappa shape index (κ1) is 16.2. The standard InChI is InChI=1S/C17H22N6O/c1-12(2)24-15-8-6-14(7-9-15)5-4-13(3)18-16-10-11-17-19-21-22-23(17)20-16/h6-13H,4-5H2,1-3H3,(H,18,20). The summed E-state index contributed by atoms with van der Waals surface area (Å²) >= 11 is 0. The zero-order valence-corrected chi connectivity index (χ0v) is 14.2. The first-order valence-electron chi connectivity index (χ1n) is 8.18. The third-order valence-corrected chi connectivity index (χ3v) is 3.62. The number of nitrogens with zero attached hydrogens (tertiary/aromatic N) is 5. The van der Waals surface area contributed by atoms with E-state index in [0.717, 1.165) is 24.4 Å². The van der Waals surface area contributed by atoms with Crippen LogP contribution in [0.3, 0.4) is 0 Å². The first-order valence-corrected chi connectivity index (χ1v) is 8.18. The van der Waals surface area contributed by atoms with Gasteiger partial charge in [-0.3, -0.25) is 0 Å². The highest BCUT2D eigenvalue weighted by Crippen LogP contribution is 2.16. The molecule has 0 amide bonds. The molecule has 0 spiro atoms. The van der Waals surface area contributed by atoms with Crippen LogP contribution in [-0.2, 0) is 6.42 Å². The number of tetrazole rings is 1. The fourth-order valence-electron chi connectivity index (χ4n) is 2.44. The molecule has 7 nitrogen and oxygen atoms in total. The van der Waals surface area contributed by atoms with Gasteiger partial charge in [-0.25, -0.2) is 0 Å². The molecule has 3 rings (SSSR count). The van der Waals surface area contributed by atoms with Crippen molar-refractivity contribution in [3.05, 3.63) is 42.0 Å². The van der Waals surface area contributed by atoms with E-state index < -0.39 is 0 Å². The molecule has 0 aliphatic rings. The van der Waals surface area contributed by atoms with Crippen molar-refractivity contribution in [1.82, 2.24) is 25.3 Å². The van der Waals surface area contributed by atoms with E-state index in [4.69, 9.17) is 4.74 Å². The Balaban J connectivity index is 1.52. The number of nitrogens with one attached hydrogen (secondary N) is 1.